The van der Waals surface area contributed by atoms with Crippen molar-refractivity contribution < 1.29 is 0 Å². The number of hydrogen-bond acceptors (Lipinski definition) is 2. The Labute approximate surface area is 142 Å². The maximum Gasteiger partial charge on any atom is 0.0819 e. The van der Waals surface area contributed by atoms with Crippen molar-refractivity contribution in [2.45, 2.75) is 6.54 Å². The molecule has 0 saturated heterocycles. The maximum absolute atomic E-state index is 5.96. The van der Waals surface area contributed by atoms with Crippen molar-refractivity contribution in [2.24, 2.45) is 0 Å². The van der Waals surface area contributed by atoms with Crippen molar-refractivity contribution in [1.82, 2.24) is 9.78 Å². The molecule has 1 aromatic heterocycles. The van der Waals surface area contributed by atoms with Crippen LogP contribution < -0.4 is 5.32 Å². The van der Waals surface area contributed by atoms with E-state index in [1.807, 2.05) is 65.5 Å². The molecule has 0 aliphatic carbocycles. The monoisotopic (exact) mass is 409 g/mol. The highest BCUT2D eigenvalue weighted by atomic mass is 127. The summed E-state index contributed by atoms with van der Waals surface area (Å²) in [7, 11) is 0. The molecular weight excluding hydrogens is 397 g/mol. The highest BCUT2D eigenvalue weighted by Gasteiger charge is 2.03. The van der Waals surface area contributed by atoms with E-state index >= 15 is 0 Å². The molecule has 3 aromatic rings. The van der Waals surface area contributed by atoms with Crippen LogP contribution in [0.4, 0.5) is 5.69 Å². The molecule has 106 valence electrons. The van der Waals surface area contributed by atoms with Crippen LogP contribution in [0.2, 0.25) is 5.02 Å². The molecule has 2 aromatic carbocycles. The van der Waals surface area contributed by atoms with E-state index < -0.39 is 0 Å². The lowest BCUT2D eigenvalue weighted by Crippen LogP contribution is -2.03. The number of anilines is 1. The van der Waals surface area contributed by atoms with Gasteiger partial charge in [-0.2, -0.15) is 5.10 Å². The Kier molecular flexibility index (Phi) is 4.45. The average molecular weight is 410 g/mol. The van der Waals surface area contributed by atoms with Gasteiger partial charge in [0.25, 0.3) is 0 Å². The summed E-state index contributed by atoms with van der Waals surface area (Å²) in [6, 6.07) is 17.9. The van der Waals surface area contributed by atoms with Crippen LogP contribution in [-0.4, -0.2) is 9.78 Å². The van der Waals surface area contributed by atoms with Crippen LogP contribution in [0.15, 0.2) is 60.8 Å². The van der Waals surface area contributed by atoms with E-state index in [9.17, 15) is 0 Å². The van der Waals surface area contributed by atoms with E-state index in [1.165, 1.54) is 0 Å². The van der Waals surface area contributed by atoms with Crippen LogP contribution in [0.5, 0.6) is 0 Å². The number of para-hydroxylation sites is 1. The summed E-state index contributed by atoms with van der Waals surface area (Å²) in [5, 5.41) is 8.70. The van der Waals surface area contributed by atoms with Crippen molar-refractivity contribution in [3.63, 3.8) is 0 Å². The van der Waals surface area contributed by atoms with E-state index in [0.717, 1.165) is 25.7 Å². The molecule has 0 spiro atoms. The minimum atomic E-state index is 0.678. The first kappa shape index (κ1) is 14.4. The first-order valence-electron chi connectivity index (χ1n) is 6.51. The number of aromatic nitrogens is 2. The second kappa shape index (κ2) is 6.49. The fraction of sp³-hybridized carbons (Fsp3) is 0.0625. The largest absolute Gasteiger partial charge is 0.378 e. The Morgan fingerprint density at radius 3 is 2.67 bits per heavy atom. The zero-order valence-corrected chi connectivity index (χ0v) is 14.0. The van der Waals surface area contributed by atoms with E-state index in [4.69, 9.17) is 11.6 Å². The van der Waals surface area contributed by atoms with E-state index in [1.54, 1.807) is 0 Å². The maximum atomic E-state index is 5.96. The van der Waals surface area contributed by atoms with Crippen LogP contribution in [0.25, 0.3) is 5.69 Å². The van der Waals surface area contributed by atoms with Crippen LogP contribution >= 0.6 is 34.2 Å². The fourth-order valence-corrected chi connectivity index (χ4v) is 3.06. The molecule has 0 radical (unpaired) electrons. The smallest absolute Gasteiger partial charge is 0.0819 e. The number of halogens is 2. The third-order valence-electron chi connectivity index (χ3n) is 3.06. The van der Waals surface area contributed by atoms with Gasteiger partial charge in [0.1, 0.15) is 0 Å². The summed E-state index contributed by atoms with van der Waals surface area (Å²) in [5.74, 6) is 0. The standard InChI is InChI=1S/C16H13ClIN3/c17-12-6-7-16(15(18)10-12)19-11-13-8-9-21(20-13)14-4-2-1-3-5-14/h1-10,19H,11H2. The lowest BCUT2D eigenvalue weighted by Gasteiger charge is -2.07. The van der Waals surface area contributed by atoms with E-state index in [2.05, 4.69) is 33.0 Å². The zero-order valence-electron chi connectivity index (χ0n) is 11.1. The van der Waals surface area contributed by atoms with E-state index in [0.29, 0.717) is 6.54 Å². The molecule has 0 aliphatic rings. The van der Waals surface area contributed by atoms with Crippen molar-refractivity contribution in [3.05, 3.63) is 75.1 Å². The summed E-state index contributed by atoms with van der Waals surface area (Å²) in [5.41, 5.74) is 3.11. The highest BCUT2D eigenvalue weighted by Crippen LogP contribution is 2.22. The van der Waals surface area contributed by atoms with Gasteiger partial charge in [-0.3, -0.25) is 0 Å². The molecule has 21 heavy (non-hydrogen) atoms. The molecule has 3 rings (SSSR count). The first-order valence-corrected chi connectivity index (χ1v) is 7.97. The Balaban J connectivity index is 1.70. The van der Waals surface area contributed by atoms with Gasteiger partial charge in [0.2, 0.25) is 0 Å². The van der Waals surface area contributed by atoms with Crippen LogP contribution in [0.1, 0.15) is 5.69 Å². The Bertz CT molecular complexity index is 740. The fourth-order valence-electron chi connectivity index (χ4n) is 2.00. The van der Waals surface area contributed by atoms with Gasteiger partial charge in [0.05, 0.1) is 17.9 Å². The second-order valence-electron chi connectivity index (χ2n) is 4.56. The summed E-state index contributed by atoms with van der Waals surface area (Å²) in [6.07, 6.45) is 1.97. The summed E-state index contributed by atoms with van der Waals surface area (Å²) < 4.78 is 2.98. The van der Waals surface area contributed by atoms with Gasteiger partial charge in [0, 0.05) is 20.5 Å². The molecule has 1 heterocycles. The summed E-state index contributed by atoms with van der Waals surface area (Å²) in [6.45, 7) is 0.678. The van der Waals surface area contributed by atoms with Gasteiger partial charge in [-0.1, -0.05) is 29.8 Å². The number of benzene rings is 2. The first-order chi connectivity index (χ1) is 10.2. The molecule has 0 fully saturated rings. The molecule has 1 N–H and O–H groups in total. The predicted molar refractivity (Wildman–Crippen MR) is 95.1 cm³/mol. The normalized spacial score (nSPS) is 10.6. The molecule has 0 atom stereocenters. The van der Waals surface area contributed by atoms with Gasteiger partial charge in [-0.25, -0.2) is 4.68 Å². The minimum absolute atomic E-state index is 0.678. The number of rotatable bonds is 4. The number of nitrogens with one attached hydrogen (secondary N) is 1. The SMILES string of the molecule is Clc1ccc(NCc2ccn(-c3ccccc3)n2)c(I)c1. The molecule has 0 bridgehead atoms. The van der Waals surface area contributed by atoms with Crippen molar-refractivity contribution >= 4 is 39.9 Å². The minimum Gasteiger partial charge on any atom is -0.378 e. The Morgan fingerprint density at radius 2 is 1.90 bits per heavy atom. The molecule has 0 unspecified atom stereocenters. The van der Waals surface area contributed by atoms with Gasteiger partial charge in [0.15, 0.2) is 0 Å². The molecule has 5 heteroatoms. The highest BCUT2D eigenvalue weighted by molar-refractivity contribution is 14.1. The van der Waals surface area contributed by atoms with Crippen LogP contribution in [0, 0.1) is 3.57 Å². The van der Waals surface area contributed by atoms with Gasteiger partial charge < -0.3 is 5.32 Å². The molecule has 0 aliphatic heterocycles. The van der Waals surface area contributed by atoms with Gasteiger partial charge >= 0.3 is 0 Å². The van der Waals surface area contributed by atoms with Gasteiger partial charge in [-0.15, -0.1) is 0 Å². The molecule has 0 saturated carbocycles. The van der Waals surface area contributed by atoms with Crippen molar-refractivity contribution in [1.29, 1.82) is 0 Å². The zero-order chi connectivity index (χ0) is 14.7. The van der Waals surface area contributed by atoms with Crippen molar-refractivity contribution in [2.75, 3.05) is 5.32 Å². The third-order valence-corrected chi connectivity index (χ3v) is 4.18. The van der Waals surface area contributed by atoms with E-state index in [-0.39, 0.29) is 0 Å². The molecule has 0 amide bonds. The number of nitrogens with zero attached hydrogens (tertiary/aromatic N) is 2. The van der Waals surface area contributed by atoms with Gasteiger partial charge in [-0.05, 0) is 59.0 Å². The molecule has 3 nitrogen and oxygen atoms in total. The lowest BCUT2D eigenvalue weighted by molar-refractivity contribution is 0.844. The quantitative estimate of drug-likeness (QED) is 0.631. The Morgan fingerprint density at radius 1 is 1.10 bits per heavy atom. The van der Waals surface area contributed by atoms with Crippen LogP contribution in [-0.2, 0) is 6.54 Å². The second-order valence-corrected chi connectivity index (χ2v) is 6.16. The lowest BCUT2D eigenvalue weighted by atomic mass is 10.3. The summed E-state index contributed by atoms with van der Waals surface area (Å²) in [4.78, 5) is 0. The third kappa shape index (κ3) is 3.57. The number of hydrogen-bond donors (Lipinski definition) is 1. The topological polar surface area (TPSA) is 29.9 Å². The average Bonchev–Trinajstić information content (AvgIpc) is 2.96. The predicted octanol–water partition coefficient (Wildman–Crippen LogP) is 4.74. The Hall–Kier alpha value is -1.53. The summed E-state index contributed by atoms with van der Waals surface area (Å²) >= 11 is 8.23. The van der Waals surface area contributed by atoms with Crippen LogP contribution in [0.3, 0.4) is 0 Å². The van der Waals surface area contributed by atoms with Crippen molar-refractivity contribution in [3.8, 4) is 5.69 Å². The molecular formula is C16H13ClIN3.